The van der Waals surface area contributed by atoms with Crippen molar-refractivity contribution in [2.24, 2.45) is 0 Å². The van der Waals surface area contributed by atoms with Gasteiger partial charge in [0.2, 0.25) is 11.9 Å². The van der Waals surface area contributed by atoms with Gasteiger partial charge in [-0.05, 0) is 48.4 Å². The smallest absolute Gasteiger partial charge is 0.259 e. The van der Waals surface area contributed by atoms with E-state index in [0.29, 0.717) is 61.2 Å². The van der Waals surface area contributed by atoms with E-state index in [-0.39, 0.29) is 11.6 Å². The highest BCUT2D eigenvalue weighted by molar-refractivity contribution is 7.99. The lowest BCUT2D eigenvalue weighted by Crippen LogP contribution is -2.51. The zero-order valence-corrected chi connectivity index (χ0v) is 24.7. The number of amides is 1. The number of likely N-dealkylation sites (N-methyl/N-ethyl adjacent to an activating group) is 1. The molecule has 13 heteroatoms. The summed E-state index contributed by atoms with van der Waals surface area (Å²) < 4.78 is 32.2. The first kappa shape index (κ1) is 29.5. The molecule has 2 saturated heterocycles. The molecule has 3 N–H and O–H groups in total. The number of halogens is 2. The van der Waals surface area contributed by atoms with Crippen LogP contribution < -0.4 is 5.32 Å². The number of carbonyl (C=O) groups is 1. The largest absolute Gasteiger partial charge is 0.349 e. The van der Waals surface area contributed by atoms with E-state index < -0.39 is 23.1 Å². The number of rotatable bonds is 7. The van der Waals surface area contributed by atoms with E-state index >= 15 is 8.78 Å². The second kappa shape index (κ2) is 11.8. The molecule has 0 radical (unpaired) electrons. The van der Waals surface area contributed by atoms with Gasteiger partial charge in [0.1, 0.15) is 17.3 Å². The highest BCUT2D eigenvalue weighted by atomic mass is 32.2. The Morgan fingerprint density at radius 3 is 2.51 bits per heavy atom. The summed E-state index contributed by atoms with van der Waals surface area (Å²) in [6.45, 7) is 5.12. The number of carbonyl (C=O) groups excluding carboxylic acids is 1. The molecule has 0 unspecified atom stereocenters. The predicted molar refractivity (Wildman–Crippen MR) is 161 cm³/mol. The van der Waals surface area contributed by atoms with Crippen LogP contribution in [0.4, 0.5) is 20.4 Å². The summed E-state index contributed by atoms with van der Waals surface area (Å²) in [7, 11) is 1.81. The molecule has 2 fully saturated rings. The number of benzene rings is 2. The number of aromatic nitrogens is 3. The highest BCUT2D eigenvalue weighted by Gasteiger charge is 2.40. The van der Waals surface area contributed by atoms with Crippen molar-refractivity contribution in [1.29, 1.82) is 0 Å². The van der Waals surface area contributed by atoms with Crippen LogP contribution in [-0.4, -0.2) is 96.6 Å². The van der Waals surface area contributed by atoms with Crippen LogP contribution in [0, 0.1) is 18.6 Å². The van der Waals surface area contributed by atoms with Crippen molar-refractivity contribution in [3.8, 4) is 5.69 Å². The molecule has 4 aromatic rings. The molecular weight excluding hydrogens is 576 g/mol. The van der Waals surface area contributed by atoms with Crippen LogP contribution in [0.15, 0.2) is 48.8 Å². The van der Waals surface area contributed by atoms with Crippen molar-refractivity contribution >= 4 is 40.3 Å². The molecule has 43 heavy (non-hydrogen) atoms. The number of nitrogens with one attached hydrogen (secondary N) is 1. The molecule has 2 aliphatic heterocycles. The molecule has 0 atom stereocenters. The quantitative estimate of drug-likeness (QED) is 0.272. The number of hydrogen-bond acceptors (Lipinski definition) is 9. The van der Waals surface area contributed by atoms with Crippen molar-refractivity contribution in [3.05, 3.63) is 77.1 Å². The maximum atomic E-state index is 15.3. The van der Waals surface area contributed by atoms with Crippen molar-refractivity contribution in [1.82, 2.24) is 29.2 Å². The van der Waals surface area contributed by atoms with Crippen molar-refractivity contribution in [3.63, 3.8) is 0 Å². The van der Waals surface area contributed by atoms with Gasteiger partial charge in [-0.15, -0.1) is 0 Å². The Labute approximate surface area is 251 Å². The first-order valence-electron chi connectivity index (χ1n) is 14.0. The van der Waals surface area contributed by atoms with Crippen LogP contribution in [0.3, 0.4) is 0 Å². The van der Waals surface area contributed by atoms with Crippen LogP contribution in [0.5, 0.6) is 0 Å². The molecule has 0 saturated carbocycles. The number of hydrogen-bond donors (Lipinski definition) is 3. The van der Waals surface area contributed by atoms with Gasteiger partial charge in [-0.1, -0.05) is 6.07 Å². The summed E-state index contributed by atoms with van der Waals surface area (Å²) in [4.78, 5) is 26.3. The zero-order chi connectivity index (χ0) is 30.3. The van der Waals surface area contributed by atoms with Gasteiger partial charge in [0.25, 0.3) is 5.91 Å². The molecule has 1 amide bonds. The average Bonchev–Trinajstić information content (AvgIpc) is 3.40. The van der Waals surface area contributed by atoms with Crippen molar-refractivity contribution in [2.45, 2.75) is 19.4 Å². The number of thioether (sulfide) groups is 1. The monoisotopic (exact) mass is 609 g/mol. The second-order valence-electron chi connectivity index (χ2n) is 11.0. The van der Waals surface area contributed by atoms with Crippen LogP contribution >= 0.6 is 11.8 Å². The number of anilines is 2. The van der Waals surface area contributed by atoms with Crippen LogP contribution in [0.25, 0.3) is 16.7 Å². The minimum Gasteiger partial charge on any atom is -0.349 e. The Kier molecular flexibility index (Phi) is 8.09. The summed E-state index contributed by atoms with van der Waals surface area (Å²) in [6.07, 6.45) is 3.25. The molecule has 0 bridgehead atoms. The van der Waals surface area contributed by atoms with Gasteiger partial charge in [-0.25, -0.2) is 18.7 Å². The molecule has 0 aliphatic carbocycles. The van der Waals surface area contributed by atoms with Crippen LogP contribution in [0.2, 0.25) is 0 Å². The van der Waals surface area contributed by atoms with Gasteiger partial charge < -0.3 is 25.0 Å². The van der Waals surface area contributed by atoms with Gasteiger partial charge in [-0.2, -0.15) is 16.7 Å². The maximum Gasteiger partial charge on any atom is 0.259 e. The summed E-state index contributed by atoms with van der Waals surface area (Å²) in [5, 5.41) is 25.3. The van der Waals surface area contributed by atoms with E-state index in [1.807, 2.05) is 32.2 Å². The third-order valence-electron chi connectivity index (χ3n) is 8.06. The first-order chi connectivity index (χ1) is 20.6. The van der Waals surface area contributed by atoms with E-state index in [4.69, 9.17) is 0 Å². The number of fused-ring (bicyclic) bond motifs is 1. The minimum atomic E-state index is -2.77. The second-order valence-corrected chi connectivity index (χ2v) is 12.2. The van der Waals surface area contributed by atoms with E-state index in [1.54, 1.807) is 35.1 Å². The summed E-state index contributed by atoms with van der Waals surface area (Å²) >= 11 is 1.64. The molecular formula is C30H33F2N7O3S. The Morgan fingerprint density at radius 2 is 1.79 bits per heavy atom. The summed E-state index contributed by atoms with van der Waals surface area (Å²) in [5.74, 6) is -3.23. The topological polar surface area (TPSA) is 110 Å². The third-order valence-corrected chi connectivity index (χ3v) is 9.00. The lowest BCUT2D eigenvalue weighted by atomic mass is 10.1. The minimum absolute atomic E-state index is 0.102. The fraction of sp³-hybridized carbons (Fsp3) is 0.367. The number of piperazine rings is 1. The molecule has 226 valence electrons. The molecule has 4 heterocycles. The van der Waals surface area contributed by atoms with Gasteiger partial charge in [0.15, 0.2) is 0 Å². The maximum absolute atomic E-state index is 15.3. The molecule has 2 aromatic heterocycles. The summed E-state index contributed by atoms with van der Waals surface area (Å²) in [6, 6.07) is 9.80. The Morgan fingerprint density at radius 1 is 1.05 bits per heavy atom. The Bertz CT molecular complexity index is 1650. The highest BCUT2D eigenvalue weighted by Crippen LogP contribution is 2.32. The van der Waals surface area contributed by atoms with Crippen molar-refractivity contribution in [2.75, 3.05) is 56.6 Å². The molecule has 10 nitrogen and oxygen atoms in total. The number of aliphatic hydroxyl groups is 2. The van der Waals surface area contributed by atoms with Gasteiger partial charge in [-0.3, -0.25) is 9.69 Å². The van der Waals surface area contributed by atoms with E-state index in [9.17, 15) is 15.0 Å². The van der Waals surface area contributed by atoms with Crippen LogP contribution in [0.1, 0.15) is 16.7 Å². The fourth-order valence-electron chi connectivity index (χ4n) is 5.47. The fourth-order valence-corrected chi connectivity index (χ4v) is 6.37. The van der Waals surface area contributed by atoms with E-state index in [0.717, 1.165) is 35.5 Å². The Hall–Kier alpha value is -3.62. The lowest BCUT2D eigenvalue weighted by Gasteiger charge is -2.37. The molecule has 2 aliphatic rings. The van der Waals surface area contributed by atoms with E-state index in [2.05, 4.69) is 20.2 Å². The Balaban J connectivity index is 1.25. The SMILES string of the molecule is Cc1ccc(Nc2ncc3ccn(-c4cc(F)c(C(O)(O)N5CCSCC5)c(F)c4)c3n2)cc1CN1CCN(C)C(=O)C1. The zero-order valence-electron chi connectivity index (χ0n) is 23.9. The molecule has 0 spiro atoms. The lowest BCUT2D eigenvalue weighted by molar-refractivity contribution is -0.276. The third kappa shape index (κ3) is 5.95. The summed E-state index contributed by atoms with van der Waals surface area (Å²) in [5.41, 5.74) is 2.70. The van der Waals surface area contributed by atoms with Gasteiger partial charge in [0.05, 0.1) is 17.8 Å². The van der Waals surface area contributed by atoms with Gasteiger partial charge >= 0.3 is 0 Å². The predicted octanol–water partition coefficient (Wildman–Crippen LogP) is 3.17. The molecule has 2 aromatic carbocycles. The van der Waals surface area contributed by atoms with Gasteiger partial charge in [0, 0.05) is 74.7 Å². The van der Waals surface area contributed by atoms with Crippen molar-refractivity contribution < 1.29 is 23.8 Å². The van der Waals surface area contributed by atoms with Crippen LogP contribution in [-0.2, 0) is 17.3 Å². The molecule has 6 rings (SSSR count). The first-order valence-corrected chi connectivity index (χ1v) is 15.2. The average molecular weight is 610 g/mol. The standard InChI is InChI=1S/C30H33F2N7O3S/c1-19-3-4-22(13-21(19)17-37-8-7-36(2)26(40)18-37)34-29-33-16-20-5-6-39(28(20)35-29)23-14-24(31)27(25(32)15-23)30(41,42)38-9-11-43-12-10-38/h3-6,13-16,41-42H,7-12,17-18H2,1-2H3,(H,33,34,35). The number of nitrogens with zero attached hydrogens (tertiary/aromatic N) is 6. The number of aryl methyl sites for hydroxylation is 1. The normalized spacial score (nSPS) is 17.2. The van der Waals surface area contributed by atoms with E-state index in [1.165, 1.54) is 9.47 Å².